The third-order valence-electron chi connectivity index (χ3n) is 3.11. The van der Waals surface area contributed by atoms with E-state index in [2.05, 4.69) is 22.2 Å². The average Bonchev–Trinajstić information content (AvgIpc) is 3.17. The number of halogens is 1. The van der Waals surface area contributed by atoms with E-state index in [1.54, 1.807) is 10.9 Å². The van der Waals surface area contributed by atoms with Crippen molar-refractivity contribution in [2.75, 3.05) is 0 Å². The Morgan fingerprint density at radius 1 is 1.29 bits per heavy atom. The van der Waals surface area contributed by atoms with Gasteiger partial charge in [-0.15, -0.1) is 11.6 Å². The Balaban J connectivity index is 1.84. The SMILES string of the molecule is CCCC(Cl)c1noc(-c2cnn(-c3ccccc3)c2)n1. The second-order valence-corrected chi connectivity index (χ2v) is 5.25. The maximum atomic E-state index is 6.20. The second kappa shape index (κ2) is 6.10. The van der Waals surface area contributed by atoms with Crippen LogP contribution in [0.25, 0.3) is 17.1 Å². The highest BCUT2D eigenvalue weighted by Crippen LogP contribution is 2.26. The van der Waals surface area contributed by atoms with E-state index in [9.17, 15) is 0 Å². The van der Waals surface area contributed by atoms with Crippen LogP contribution in [0.5, 0.6) is 0 Å². The summed E-state index contributed by atoms with van der Waals surface area (Å²) in [5.74, 6) is 0.968. The largest absolute Gasteiger partial charge is 0.334 e. The predicted molar refractivity (Wildman–Crippen MR) is 80.4 cm³/mol. The molecule has 0 aliphatic carbocycles. The summed E-state index contributed by atoms with van der Waals surface area (Å²) >= 11 is 6.20. The maximum Gasteiger partial charge on any atom is 0.261 e. The van der Waals surface area contributed by atoms with Crippen molar-refractivity contribution in [2.45, 2.75) is 25.1 Å². The predicted octanol–water partition coefficient (Wildman–Crippen LogP) is 4.00. The van der Waals surface area contributed by atoms with Crippen LogP contribution in [-0.2, 0) is 0 Å². The fourth-order valence-corrected chi connectivity index (χ4v) is 2.32. The van der Waals surface area contributed by atoms with Crippen molar-refractivity contribution in [3.8, 4) is 17.1 Å². The molecule has 0 N–H and O–H groups in total. The summed E-state index contributed by atoms with van der Waals surface area (Å²) in [6.45, 7) is 2.07. The molecule has 0 aliphatic heterocycles. The minimum atomic E-state index is -0.211. The summed E-state index contributed by atoms with van der Waals surface area (Å²) in [5, 5.41) is 8.04. The zero-order chi connectivity index (χ0) is 14.7. The van der Waals surface area contributed by atoms with E-state index >= 15 is 0 Å². The Kier molecular flexibility index (Phi) is 4.01. The highest BCUT2D eigenvalue weighted by Gasteiger charge is 2.17. The van der Waals surface area contributed by atoms with Gasteiger partial charge in [-0.1, -0.05) is 36.7 Å². The van der Waals surface area contributed by atoms with Crippen LogP contribution in [-0.4, -0.2) is 19.9 Å². The normalized spacial score (nSPS) is 12.5. The van der Waals surface area contributed by atoms with Crippen molar-refractivity contribution in [1.29, 1.82) is 0 Å². The van der Waals surface area contributed by atoms with Crippen molar-refractivity contribution >= 4 is 11.6 Å². The maximum absolute atomic E-state index is 6.20. The van der Waals surface area contributed by atoms with Gasteiger partial charge in [0.25, 0.3) is 5.89 Å². The zero-order valence-corrected chi connectivity index (χ0v) is 12.4. The summed E-state index contributed by atoms with van der Waals surface area (Å²) in [6, 6.07) is 9.85. The van der Waals surface area contributed by atoms with Gasteiger partial charge in [0.15, 0.2) is 5.82 Å². The van der Waals surface area contributed by atoms with Gasteiger partial charge in [-0.25, -0.2) is 4.68 Å². The van der Waals surface area contributed by atoms with Crippen molar-refractivity contribution in [3.63, 3.8) is 0 Å². The monoisotopic (exact) mass is 302 g/mol. The van der Waals surface area contributed by atoms with Gasteiger partial charge >= 0.3 is 0 Å². The molecule has 108 valence electrons. The molecule has 0 amide bonds. The molecule has 0 fully saturated rings. The van der Waals surface area contributed by atoms with Gasteiger partial charge in [-0.05, 0) is 18.6 Å². The quantitative estimate of drug-likeness (QED) is 0.668. The van der Waals surface area contributed by atoms with E-state index in [1.165, 1.54) is 0 Å². The zero-order valence-electron chi connectivity index (χ0n) is 11.6. The summed E-state index contributed by atoms with van der Waals surface area (Å²) in [4.78, 5) is 4.34. The molecular formula is C15H15ClN4O. The van der Waals surface area contributed by atoms with Gasteiger partial charge < -0.3 is 4.52 Å². The smallest absolute Gasteiger partial charge is 0.261 e. The van der Waals surface area contributed by atoms with Gasteiger partial charge in [0.2, 0.25) is 0 Å². The van der Waals surface area contributed by atoms with E-state index in [1.807, 2.05) is 36.5 Å². The molecule has 2 aromatic heterocycles. The van der Waals surface area contributed by atoms with Crippen LogP contribution in [0.1, 0.15) is 31.0 Å². The fraction of sp³-hybridized carbons (Fsp3) is 0.267. The lowest BCUT2D eigenvalue weighted by molar-refractivity contribution is 0.420. The highest BCUT2D eigenvalue weighted by atomic mass is 35.5. The molecule has 0 saturated heterocycles. The lowest BCUT2D eigenvalue weighted by atomic mass is 10.2. The number of para-hydroxylation sites is 1. The highest BCUT2D eigenvalue weighted by molar-refractivity contribution is 6.20. The second-order valence-electron chi connectivity index (χ2n) is 4.72. The number of hydrogen-bond acceptors (Lipinski definition) is 4. The van der Waals surface area contributed by atoms with E-state index in [4.69, 9.17) is 16.1 Å². The number of alkyl halides is 1. The number of aromatic nitrogens is 4. The van der Waals surface area contributed by atoms with E-state index < -0.39 is 0 Å². The summed E-state index contributed by atoms with van der Waals surface area (Å²) in [6.07, 6.45) is 5.36. The lowest BCUT2D eigenvalue weighted by Crippen LogP contribution is -1.93. The molecular weight excluding hydrogens is 288 g/mol. The molecule has 1 aromatic carbocycles. The van der Waals surface area contributed by atoms with Crippen LogP contribution in [0, 0.1) is 0 Å². The van der Waals surface area contributed by atoms with E-state index in [0.29, 0.717) is 11.7 Å². The molecule has 0 spiro atoms. The fourth-order valence-electron chi connectivity index (χ4n) is 2.02. The first-order valence-electron chi connectivity index (χ1n) is 6.86. The standard InChI is InChI=1S/C15H15ClN4O/c1-2-6-13(16)14-18-15(21-19-14)11-9-17-20(10-11)12-7-4-3-5-8-12/h3-5,7-10,13H,2,6H2,1H3. The molecule has 1 atom stereocenters. The van der Waals surface area contributed by atoms with E-state index in [-0.39, 0.29) is 5.38 Å². The van der Waals surface area contributed by atoms with Gasteiger partial charge in [-0.2, -0.15) is 10.1 Å². The Labute approximate surface area is 127 Å². The Bertz CT molecular complexity index is 707. The first-order valence-corrected chi connectivity index (χ1v) is 7.29. The van der Waals surface area contributed by atoms with Crippen molar-refractivity contribution in [1.82, 2.24) is 19.9 Å². The molecule has 6 heteroatoms. The van der Waals surface area contributed by atoms with Crippen LogP contribution in [0.15, 0.2) is 47.2 Å². The van der Waals surface area contributed by atoms with Gasteiger partial charge in [0.05, 0.1) is 22.8 Å². The summed E-state index contributed by atoms with van der Waals surface area (Å²) in [7, 11) is 0. The third-order valence-corrected chi connectivity index (χ3v) is 3.53. The van der Waals surface area contributed by atoms with Gasteiger partial charge in [0, 0.05) is 6.20 Å². The molecule has 21 heavy (non-hydrogen) atoms. The molecule has 0 aliphatic rings. The number of rotatable bonds is 5. The van der Waals surface area contributed by atoms with E-state index in [0.717, 1.165) is 24.1 Å². The van der Waals surface area contributed by atoms with Gasteiger partial charge in [0.1, 0.15) is 0 Å². The lowest BCUT2D eigenvalue weighted by Gasteiger charge is -1.99. The topological polar surface area (TPSA) is 56.7 Å². The number of benzene rings is 1. The molecule has 1 unspecified atom stereocenters. The minimum absolute atomic E-state index is 0.211. The van der Waals surface area contributed by atoms with Crippen LogP contribution in [0.3, 0.4) is 0 Å². The van der Waals surface area contributed by atoms with Crippen LogP contribution in [0.4, 0.5) is 0 Å². The molecule has 0 bridgehead atoms. The molecule has 0 radical (unpaired) electrons. The van der Waals surface area contributed by atoms with Crippen LogP contribution < -0.4 is 0 Å². The molecule has 3 aromatic rings. The molecule has 0 saturated carbocycles. The van der Waals surface area contributed by atoms with Crippen LogP contribution in [0.2, 0.25) is 0 Å². The summed E-state index contributed by atoms with van der Waals surface area (Å²) in [5.41, 5.74) is 1.75. The number of nitrogens with zero attached hydrogens (tertiary/aromatic N) is 4. The first-order chi connectivity index (χ1) is 10.3. The Hall–Kier alpha value is -2.14. The molecule has 2 heterocycles. The third kappa shape index (κ3) is 2.97. The van der Waals surface area contributed by atoms with Crippen molar-refractivity contribution < 1.29 is 4.52 Å². The molecule has 3 rings (SSSR count). The van der Waals surface area contributed by atoms with Crippen molar-refractivity contribution in [2.24, 2.45) is 0 Å². The Morgan fingerprint density at radius 2 is 2.10 bits per heavy atom. The molecule has 5 nitrogen and oxygen atoms in total. The van der Waals surface area contributed by atoms with Crippen molar-refractivity contribution in [3.05, 3.63) is 48.5 Å². The average molecular weight is 303 g/mol. The first kappa shape index (κ1) is 13.8. The minimum Gasteiger partial charge on any atom is -0.334 e. The Morgan fingerprint density at radius 3 is 2.86 bits per heavy atom. The number of hydrogen-bond donors (Lipinski definition) is 0. The van der Waals surface area contributed by atoms with Crippen LogP contribution >= 0.6 is 11.6 Å². The summed E-state index contributed by atoms with van der Waals surface area (Å²) < 4.78 is 7.04. The van der Waals surface area contributed by atoms with Gasteiger partial charge in [-0.3, -0.25) is 0 Å².